The van der Waals surface area contributed by atoms with Crippen LogP contribution in [0.3, 0.4) is 0 Å². The molecule has 0 bridgehead atoms. The van der Waals surface area contributed by atoms with Gasteiger partial charge in [0.15, 0.2) is 0 Å². The fraction of sp³-hybridized carbons (Fsp3) is 0.692. The van der Waals surface area contributed by atoms with Crippen LogP contribution < -0.4 is 5.32 Å². The zero-order valence-corrected chi connectivity index (χ0v) is 10.7. The number of aliphatic hydroxyl groups excluding tert-OH is 1. The van der Waals surface area contributed by atoms with E-state index in [1.54, 1.807) is 11.3 Å². The minimum absolute atomic E-state index is 0.334. The third-order valence-electron chi connectivity index (χ3n) is 3.45. The first-order valence-corrected chi connectivity index (χ1v) is 7.06. The van der Waals surface area contributed by atoms with E-state index in [0.717, 1.165) is 23.3 Å². The minimum atomic E-state index is -0.334. The van der Waals surface area contributed by atoms with E-state index < -0.39 is 0 Å². The second-order valence-corrected chi connectivity index (χ2v) is 5.95. The summed E-state index contributed by atoms with van der Waals surface area (Å²) in [5, 5.41) is 15.3. The van der Waals surface area contributed by atoms with Crippen molar-refractivity contribution in [3.05, 3.63) is 22.4 Å². The van der Waals surface area contributed by atoms with E-state index in [1.165, 1.54) is 19.3 Å². The molecular weight excluding hydrogens is 218 g/mol. The molecule has 2 nitrogen and oxygen atoms in total. The van der Waals surface area contributed by atoms with Crippen molar-refractivity contribution in [1.82, 2.24) is 5.32 Å². The van der Waals surface area contributed by atoms with Gasteiger partial charge in [-0.3, -0.25) is 0 Å². The largest absolute Gasteiger partial charge is 0.386 e. The lowest BCUT2D eigenvalue weighted by Gasteiger charge is -2.13. The summed E-state index contributed by atoms with van der Waals surface area (Å²) in [6, 6.07) is 3.98. The lowest BCUT2D eigenvalue weighted by Crippen LogP contribution is -2.26. The first kappa shape index (κ1) is 12.1. The topological polar surface area (TPSA) is 32.3 Å². The highest BCUT2D eigenvalue weighted by molar-refractivity contribution is 7.10. The highest BCUT2D eigenvalue weighted by atomic mass is 32.1. The Kier molecular flexibility index (Phi) is 4.38. The lowest BCUT2D eigenvalue weighted by molar-refractivity contribution is 0.176. The number of hydrogen-bond donors (Lipinski definition) is 2. The predicted molar refractivity (Wildman–Crippen MR) is 68.7 cm³/mol. The maximum Gasteiger partial charge on any atom is 0.101 e. The van der Waals surface area contributed by atoms with E-state index >= 15 is 0 Å². The molecule has 0 radical (unpaired) electrons. The Bertz CT molecular complexity index is 299. The van der Waals surface area contributed by atoms with E-state index in [-0.39, 0.29) is 6.10 Å². The molecule has 1 aromatic rings. The molecule has 1 aromatic heterocycles. The predicted octanol–water partition coefficient (Wildman–Crippen LogP) is 2.81. The zero-order valence-electron chi connectivity index (χ0n) is 9.86. The summed E-state index contributed by atoms with van der Waals surface area (Å²) in [7, 11) is 0. The van der Waals surface area contributed by atoms with E-state index in [1.807, 2.05) is 17.5 Å². The van der Waals surface area contributed by atoms with Crippen molar-refractivity contribution in [2.75, 3.05) is 13.1 Å². The molecule has 16 heavy (non-hydrogen) atoms. The second-order valence-electron chi connectivity index (χ2n) is 4.97. The van der Waals surface area contributed by atoms with Crippen LogP contribution in [0, 0.1) is 11.8 Å². The van der Waals surface area contributed by atoms with Gasteiger partial charge in [0, 0.05) is 11.4 Å². The monoisotopic (exact) mass is 239 g/mol. The van der Waals surface area contributed by atoms with Crippen LogP contribution in [0.25, 0.3) is 0 Å². The van der Waals surface area contributed by atoms with Crippen LogP contribution in [0.2, 0.25) is 0 Å². The number of rotatable bonds is 5. The standard InChI is InChI=1S/C13H21NOS/c1-10-4-5-11(7-10)8-14-9-12(15)13-3-2-6-16-13/h2-3,6,10-12,14-15H,4-5,7-9H2,1H3. The molecule has 3 heteroatoms. The van der Waals surface area contributed by atoms with E-state index in [0.29, 0.717) is 6.54 Å². The lowest BCUT2D eigenvalue weighted by atomic mass is 10.1. The van der Waals surface area contributed by atoms with Crippen molar-refractivity contribution in [3.8, 4) is 0 Å². The molecular formula is C13H21NOS. The quantitative estimate of drug-likeness (QED) is 0.828. The summed E-state index contributed by atoms with van der Waals surface area (Å²) in [4.78, 5) is 1.06. The SMILES string of the molecule is CC1CCC(CNCC(O)c2cccs2)C1. The minimum Gasteiger partial charge on any atom is -0.386 e. The molecule has 1 aliphatic carbocycles. The highest BCUT2D eigenvalue weighted by Gasteiger charge is 2.20. The number of aliphatic hydroxyl groups is 1. The maximum absolute atomic E-state index is 9.88. The molecule has 90 valence electrons. The third kappa shape index (κ3) is 3.30. The normalized spacial score (nSPS) is 27.1. The average Bonchev–Trinajstić information content (AvgIpc) is 2.89. The first-order chi connectivity index (χ1) is 7.75. The van der Waals surface area contributed by atoms with Gasteiger partial charge in [0.2, 0.25) is 0 Å². The fourth-order valence-corrected chi connectivity index (χ4v) is 3.23. The summed E-state index contributed by atoms with van der Waals surface area (Å²) < 4.78 is 0. The van der Waals surface area contributed by atoms with Gasteiger partial charge in [0.05, 0.1) is 0 Å². The third-order valence-corrected chi connectivity index (χ3v) is 4.42. The number of hydrogen-bond acceptors (Lipinski definition) is 3. The summed E-state index contributed by atoms with van der Waals surface area (Å²) in [6.45, 7) is 4.08. The van der Waals surface area contributed by atoms with Crippen molar-refractivity contribution >= 4 is 11.3 Å². The van der Waals surface area contributed by atoms with Crippen molar-refractivity contribution in [2.45, 2.75) is 32.3 Å². The van der Waals surface area contributed by atoms with E-state index in [2.05, 4.69) is 12.2 Å². The maximum atomic E-state index is 9.88. The van der Waals surface area contributed by atoms with Crippen LogP contribution in [0.4, 0.5) is 0 Å². The van der Waals surface area contributed by atoms with Gasteiger partial charge in [0.25, 0.3) is 0 Å². The van der Waals surface area contributed by atoms with Gasteiger partial charge in [-0.15, -0.1) is 11.3 Å². The van der Waals surface area contributed by atoms with Crippen molar-refractivity contribution in [1.29, 1.82) is 0 Å². The Morgan fingerprint density at radius 1 is 1.56 bits per heavy atom. The first-order valence-electron chi connectivity index (χ1n) is 6.18. The molecule has 1 aliphatic rings. The smallest absolute Gasteiger partial charge is 0.101 e. The average molecular weight is 239 g/mol. The molecule has 0 spiro atoms. The molecule has 0 aliphatic heterocycles. The molecule has 1 heterocycles. The number of nitrogens with one attached hydrogen (secondary N) is 1. The molecule has 2 N–H and O–H groups in total. The van der Waals surface area contributed by atoms with E-state index in [4.69, 9.17) is 0 Å². The summed E-state index contributed by atoms with van der Waals surface area (Å²) >= 11 is 1.62. The Morgan fingerprint density at radius 2 is 2.44 bits per heavy atom. The zero-order chi connectivity index (χ0) is 11.4. The van der Waals surface area contributed by atoms with Crippen LogP contribution in [0.15, 0.2) is 17.5 Å². The summed E-state index contributed by atoms with van der Waals surface area (Å²) in [5.74, 6) is 1.72. The molecule has 1 saturated carbocycles. The van der Waals surface area contributed by atoms with Gasteiger partial charge in [0.1, 0.15) is 6.10 Å². The molecule has 0 amide bonds. The molecule has 2 rings (SSSR count). The molecule has 3 unspecified atom stereocenters. The molecule has 0 saturated heterocycles. The van der Waals surface area contributed by atoms with Crippen molar-refractivity contribution < 1.29 is 5.11 Å². The van der Waals surface area contributed by atoms with Crippen LogP contribution >= 0.6 is 11.3 Å². The van der Waals surface area contributed by atoms with Gasteiger partial charge < -0.3 is 10.4 Å². The van der Waals surface area contributed by atoms with E-state index in [9.17, 15) is 5.11 Å². The van der Waals surface area contributed by atoms with Gasteiger partial charge in [-0.25, -0.2) is 0 Å². The van der Waals surface area contributed by atoms with Crippen LogP contribution in [0.1, 0.15) is 37.2 Å². The van der Waals surface area contributed by atoms with Gasteiger partial charge in [-0.1, -0.05) is 19.4 Å². The van der Waals surface area contributed by atoms with Crippen molar-refractivity contribution in [3.63, 3.8) is 0 Å². The molecule has 1 fully saturated rings. The van der Waals surface area contributed by atoms with Crippen LogP contribution in [-0.4, -0.2) is 18.2 Å². The molecule has 0 aromatic carbocycles. The van der Waals surface area contributed by atoms with Gasteiger partial charge in [-0.2, -0.15) is 0 Å². The fourth-order valence-electron chi connectivity index (χ4n) is 2.52. The van der Waals surface area contributed by atoms with Gasteiger partial charge >= 0.3 is 0 Å². The Hall–Kier alpha value is -0.380. The van der Waals surface area contributed by atoms with Crippen LogP contribution in [0.5, 0.6) is 0 Å². The molecule has 3 atom stereocenters. The Balaban J connectivity index is 1.64. The summed E-state index contributed by atoms with van der Waals surface area (Å²) in [6.07, 6.45) is 3.74. The van der Waals surface area contributed by atoms with Crippen LogP contribution in [-0.2, 0) is 0 Å². The van der Waals surface area contributed by atoms with Crippen molar-refractivity contribution in [2.24, 2.45) is 11.8 Å². The summed E-state index contributed by atoms with van der Waals surface area (Å²) in [5.41, 5.74) is 0. The Labute approximate surface area is 102 Å². The highest BCUT2D eigenvalue weighted by Crippen LogP contribution is 2.29. The Morgan fingerprint density at radius 3 is 3.06 bits per heavy atom. The van der Waals surface area contributed by atoms with Gasteiger partial charge in [-0.05, 0) is 42.7 Å². The number of thiophene rings is 1. The second kappa shape index (κ2) is 5.80.